The Balaban J connectivity index is 2.01. The molecule has 0 bridgehead atoms. The van der Waals surface area contributed by atoms with Crippen LogP contribution < -0.4 is 22.1 Å². The van der Waals surface area contributed by atoms with Gasteiger partial charge in [0.2, 0.25) is 0 Å². The van der Waals surface area contributed by atoms with E-state index in [1.807, 2.05) is 0 Å². The molecule has 2 aromatic rings. The van der Waals surface area contributed by atoms with Gasteiger partial charge in [0, 0.05) is 22.7 Å². The Bertz CT molecular complexity index is 598. The number of nitrogens with two attached hydrogens (primary N) is 2. The van der Waals surface area contributed by atoms with Gasteiger partial charge in [0.15, 0.2) is 0 Å². The normalized spacial score (nSPS) is 9.80. The molecule has 2 amide bonds. The van der Waals surface area contributed by atoms with Gasteiger partial charge in [0.05, 0.1) is 0 Å². The van der Waals surface area contributed by atoms with Crippen LogP contribution in [0.5, 0.6) is 0 Å². The van der Waals surface area contributed by atoms with Gasteiger partial charge in [0.1, 0.15) is 0 Å². The third kappa shape index (κ3) is 3.49. The lowest BCUT2D eigenvalue weighted by atomic mass is 10.2. The molecular weight excluding hydrogens is 256 g/mol. The van der Waals surface area contributed by atoms with Crippen LogP contribution in [0.15, 0.2) is 48.5 Å². The summed E-state index contributed by atoms with van der Waals surface area (Å²) in [6, 6.07) is 13.1. The summed E-state index contributed by atoms with van der Waals surface area (Å²) in [5, 5.41) is 4.91. The molecule has 102 valence electrons. The van der Waals surface area contributed by atoms with E-state index in [0.29, 0.717) is 22.7 Å². The van der Waals surface area contributed by atoms with Crippen molar-refractivity contribution in [3.8, 4) is 0 Å². The molecule has 0 saturated carbocycles. The van der Waals surface area contributed by atoms with E-state index in [4.69, 9.17) is 11.5 Å². The molecule has 6 heteroatoms. The number of benzene rings is 2. The van der Waals surface area contributed by atoms with Crippen molar-refractivity contribution >= 4 is 34.6 Å². The number of rotatable bonds is 2. The van der Waals surface area contributed by atoms with Crippen molar-refractivity contribution in [3.05, 3.63) is 48.5 Å². The van der Waals surface area contributed by atoms with Gasteiger partial charge < -0.3 is 22.1 Å². The van der Waals surface area contributed by atoms with Crippen molar-refractivity contribution in [2.24, 2.45) is 0 Å². The SMILES string of the molecule is Nc1cccc(NC(=O)C(=O)Nc2cccc(N)c2)c1. The molecule has 0 radical (unpaired) electrons. The quantitative estimate of drug-likeness (QED) is 0.488. The van der Waals surface area contributed by atoms with Gasteiger partial charge in [-0.15, -0.1) is 0 Å². The highest BCUT2D eigenvalue weighted by molar-refractivity contribution is 6.43. The maximum atomic E-state index is 11.7. The summed E-state index contributed by atoms with van der Waals surface area (Å²) in [7, 11) is 0. The molecule has 0 aromatic heterocycles. The van der Waals surface area contributed by atoms with E-state index in [0.717, 1.165) is 0 Å². The van der Waals surface area contributed by atoms with E-state index < -0.39 is 11.8 Å². The van der Waals surface area contributed by atoms with E-state index in [9.17, 15) is 9.59 Å². The Kier molecular flexibility index (Phi) is 3.85. The monoisotopic (exact) mass is 270 g/mol. The largest absolute Gasteiger partial charge is 0.399 e. The maximum Gasteiger partial charge on any atom is 0.314 e. The standard InChI is InChI=1S/C14H14N4O2/c15-9-3-1-5-11(7-9)17-13(19)14(20)18-12-6-2-4-10(16)8-12/h1-8H,15-16H2,(H,17,19)(H,18,20). The van der Waals surface area contributed by atoms with E-state index in [2.05, 4.69) is 10.6 Å². The minimum absolute atomic E-state index is 0.456. The van der Waals surface area contributed by atoms with Crippen molar-refractivity contribution in [3.63, 3.8) is 0 Å². The highest BCUT2D eigenvalue weighted by Gasteiger charge is 2.14. The first-order chi connectivity index (χ1) is 9.54. The Morgan fingerprint density at radius 2 is 1.15 bits per heavy atom. The van der Waals surface area contributed by atoms with Gasteiger partial charge in [-0.3, -0.25) is 9.59 Å². The van der Waals surface area contributed by atoms with Crippen LogP contribution in [-0.2, 0) is 9.59 Å². The fraction of sp³-hybridized carbons (Fsp3) is 0. The number of hydrogen-bond donors (Lipinski definition) is 4. The van der Waals surface area contributed by atoms with Crippen LogP contribution in [0.1, 0.15) is 0 Å². The molecule has 20 heavy (non-hydrogen) atoms. The summed E-state index contributed by atoms with van der Waals surface area (Å²) in [5.41, 5.74) is 13.1. The Hall–Kier alpha value is -3.02. The first-order valence-corrected chi connectivity index (χ1v) is 5.88. The lowest BCUT2D eigenvalue weighted by Gasteiger charge is -2.07. The van der Waals surface area contributed by atoms with Crippen molar-refractivity contribution in [1.82, 2.24) is 0 Å². The van der Waals surface area contributed by atoms with Gasteiger partial charge >= 0.3 is 11.8 Å². The summed E-state index contributed by atoms with van der Waals surface area (Å²) < 4.78 is 0. The third-order valence-corrected chi connectivity index (χ3v) is 2.50. The number of hydrogen-bond acceptors (Lipinski definition) is 4. The fourth-order valence-corrected chi connectivity index (χ4v) is 1.61. The summed E-state index contributed by atoms with van der Waals surface area (Å²) in [4.78, 5) is 23.4. The molecular formula is C14H14N4O2. The zero-order valence-electron chi connectivity index (χ0n) is 10.6. The molecule has 0 saturated heterocycles. The van der Waals surface area contributed by atoms with Gasteiger partial charge in [-0.05, 0) is 36.4 Å². The number of amides is 2. The first-order valence-electron chi connectivity index (χ1n) is 5.88. The summed E-state index contributed by atoms with van der Waals surface area (Å²) in [5.74, 6) is -1.56. The second kappa shape index (κ2) is 5.75. The smallest absolute Gasteiger partial charge is 0.314 e. The molecule has 0 heterocycles. The minimum atomic E-state index is -0.780. The van der Waals surface area contributed by atoms with Gasteiger partial charge in [-0.2, -0.15) is 0 Å². The molecule has 0 spiro atoms. The fourth-order valence-electron chi connectivity index (χ4n) is 1.61. The summed E-state index contributed by atoms with van der Waals surface area (Å²) in [6.45, 7) is 0. The molecule has 6 N–H and O–H groups in total. The van der Waals surface area contributed by atoms with Crippen LogP contribution >= 0.6 is 0 Å². The number of carbonyl (C=O) groups is 2. The van der Waals surface area contributed by atoms with E-state index in [1.165, 1.54) is 0 Å². The minimum Gasteiger partial charge on any atom is -0.399 e. The van der Waals surface area contributed by atoms with Crippen molar-refractivity contribution < 1.29 is 9.59 Å². The molecule has 2 aromatic carbocycles. The van der Waals surface area contributed by atoms with Crippen LogP contribution in [0, 0.1) is 0 Å². The van der Waals surface area contributed by atoms with Crippen LogP contribution in [0.25, 0.3) is 0 Å². The van der Waals surface area contributed by atoms with Crippen LogP contribution in [0.4, 0.5) is 22.7 Å². The molecule has 0 atom stereocenters. The number of nitrogens with one attached hydrogen (secondary N) is 2. The molecule has 0 aliphatic rings. The van der Waals surface area contributed by atoms with Crippen molar-refractivity contribution in [2.45, 2.75) is 0 Å². The molecule has 0 fully saturated rings. The highest BCUT2D eigenvalue weighted by Crippen LogP contribution is 2.13. The summed E-state index contributed by atoms with van der Waals surface area (Å²) >= 11 is 0. The Labute approximate surface area is 115 Å². The second-order valence-corrected chi connectivity index (χ2v) is 4.16. The van der Waals surface area contributed by atoms with Crippen molar-refractivity contribution in [1.29, 1.82) is 0 Å². The molecule has 0 aliphatic heterocycles. The zero-order valence-corrected chi connectivity index (χ0v) is 10.6. The van der Waals surface area contributed by atoms with Gasteiger partial charge in [-0.1, -0.05) is 12.1 Å². The average molecular weight is 270 g/mol. The van der Waals surface area contributed by atoms with Crippen LogP contribution in [0.3, 0.4) is 0 Å². The molecule has 2 rings (SSSR count). The van der Waals surface area contributed by atoms with Crippen LogP contribution in [0.2, 0.25) is 0 Å². The maximum absolute atomic E-state index is 11.7. The topological polar surface area (TPSA) is 110 Å². The lowest BCUT2D eigenvalue weighted by Crippen LogP contribution is -2.29. The molecule has 0 aliphatic carbocycles. The van der Waals surface area contributed by atoms with Crippen molar-refractivity contribution in [2.75, 3.05) is 22.1 Å². The van der Waals surface area contributed by atoms with Gasteiger partial charge in [-0.25, -0.2) is 0 Å². The summed E-state index contributed by atoms with van der Waals surface area (Å²) in [6.07, 6.45) is 0. The first kappa shape index (κ1) is 13.4. The average Bonchev–Trinajstić information content (AvgIpc) is 2.38. The predicted molar refractivity (Wildman–Crippen MR) is 79.0 cm³/mol. The number of anilines is 4. The second-order valence-electron chi connectivity index (χ2n) is 4.16. The molecule has 0 unspecified atom stereocenters. The zero-order chi connectivity index (χ0) is 14.5. The van der Waals surface area contributed by atoms with Gasteiger partial charge in [0.25, 0.3) is 0 Å². The molecule has 6 nitrogen and oxygen atoms in total. The predicted octanol–water partition coefficient (Wildman–Crippen LogP) is 1.43. The number of nitrogen functional groups attached to an aromatic ring is 2. The lowest BCUT2D eigenvalue weighted by molar-refractivity contribution is -0.132. The van der Waals surface area contributed by atoms with E-state index in [-0.39, 0.29) is 0 Å². The Morgan fingerprint density at radius 1 is 0.750 bits per heavy atom. The Morgan fingerprint density at radius 3 is 1.50 bits per heavy atom. The third-order valence-electron chi connectivity index (χ3n) is 2.50. The number of carbonyl (C=O) groups excluding carboxylic acids is 2. The van der Waals surface area contributed by atoms with E-state index in [1.54, 1.807) is 48.5 Å². The van der Waals surface area contributed by atoms with E-state index >= 15 is 0 Å². The highest BCUT2D eigenvalue weighted by atomic mass is 16.2. The van der Waals surface area contributed by atoms with Crippen LogP contribution in [-0.4, -0.2) is 11.8 Å².